The predicted molar refractivity (Wildman–Crippen MR) is 166 cm³/mol. The maximum atomic E-state index is 13.6. The van der Waals surface area contributed by atoms with Crippen molar-refractivity contribution in [1.82, 2.24) is 4.98 Å². The zero-order chi connectivity index (χ0) is 30.9. The molecule has 1 saturated heterocycles. The SMILES string of the molecule is C=CCOC(=O)c1sc(N2C(=O)C(=O)/C(=C(/O)c3cccc(OCCCC)c3)C2c2ccc(OCCCC)cc2)nc1C. The molecule has 1 fully saturated rings. The number of Topliss-reactive ketones (excluding diaryl/α,β-unsaturated/α-hetero) is 1. The monoisotopic (exact) mass is 604 g/mol. The molecular weight excluding hydrogens is 568 g/mol. The predicted octanol–water partition coefficient (Wildman–Crippen LogP) is 6.78. The summed E-state index contributed by atoms with van der Waals surface area (Å²) in [5.74, 6) is -1.51. The van der Waals surface area contributed by atoms with Crippen molar-refractivity contribution in [3.63, 3.8) is 0 Å². The van der Waals surface area contributed by atoms with Gasteiger partial charge < -0.3 is 19.3 Å². The summed E-state index contributed by atoms with van der Waals surface area (Å²) in [7, 11) is 0. The Bertz CT molecular complexity index is 1510. The topological polar surface area (TPSA) is 115 Å². The molecule has 3 aromatic rings. The molecule has 0 bridgehead atoms. The lowest BCUT2D eigenvalue weighted by Gasteiger charge is -2.23. The lowest BCUT2D eigenvalue weighted by molar-refractivity contribution is -0.132. The van der Waals surface area contributed by atoms with Gasteiger partial charge in [0.25, 0.3) is 5.78 Å². The van der Waals surface area contributed by atoms with E-state index < -0.39 is 23.7 Å². The van der Waals surface area contributed by atoms with E-state index in [9.17, 15) is 19.5 Å². The van der Waals surface area contributed by atoms with Crippen LogP contribution < -0.4 is 14.4 Å². The van der Waals surface area contributed by atoms with Crippen LogP contribution in [0.1, 0.15) is 72.1 Å². The van der Waals surface area contributed by atoms with E-state index in [4.69, 9.17) is 14.2 Å². The molecule has 2 aromatic carbocycles. The Morgan fingerprint density at radius 3 is 2.37 bits per heavy atom. The van der Waals surface area contributed by atoms with Crippen LogP contribution in [0.2, 0.25) is 0 Å². The molecule has 226 valence electrons. The number of aromatic nitrogens is 1. The Hall–Kier alpha value is -4.44. The molecule has 1 aliphatic rings. The van der Waals surface area contributed by atoms with E-state index in [1.165, 1.54) is 11.0 Å². The molecule has 0 saturated carbocycles. The Balaban J connectivity index is 1.80. The quantitative estimate of drug-likeness (QED) is 0.0535. The van der Waals surface area contributed by atoms with Gasteiger partial charge >= 0.3 is 11.9 Å². The highest BCUT2D eigenvalue weighted by Gasteiger charge is 2.48. The second-order valence-electron chi connectivity index (χ2n) is 9.97. The number of benzene rings is 2. The second kappa shape index (κ2) is 14.6. The summed E-state index contributed by atoms with van der Waals surface area (Å²) in [6.07, 6.45) is 5.19. The number of unbranched alkanes of at least 4 members (excludes halogenated alkanes) is 2. The number of ketones is 1. The number of nitrogens with zero attached hydrogens (tertiary/aromatic N) is 2. The lowest BCUT2D eigenvalue weighted by atomic mass is 9.95. The molecule has 4 rings (SSSR count). The van der Waals surface area contributed by atoms with Crippen LogP contribution in [0.3, 0.4) is 0 Å². The van der Waals surface area contributed by atoms with Gasteiger partial charge in [-0.25, -0.2) is 9.78 Å². The van der Waals surface area contributed by atoms with Gasteiger partial charge in [0.2, 0.25) is 0 Å². The van der Waals surface area contributed by atoms with Crippen molar-refractivity contribution in [2.24, 2.45) is 0 Å². The number of rotatable bonds is 14. The number of anilines is 1. The van der Waals surface area contributed by atoms with Crippen LogP contribution in [0.5, 0.6) is 11.5 Å². The first-order valence-electron chi connectivity index (χ1n) is 14.3. The smallest absolute Gasteiger partial charge is 0.350 e. The molecule has 1 aliphatic heterocycles. The van der Waals surface area contributed by atoms with Crippen molar-refractivity contribution in [3.05, 3.63) is 88.5 Å². The first-order valence-corrected chi connectivity index (χ1v) is 15.1. The van der Waals surface area contributed by atoms with E-state index >= 15 is 0 Å². The summed E-state index contributed by atoms with van der Waals surface area (Å²) in [4.78, 5) is 45.7. The number of carbonyl (C=O) groups is 3. The average Bonchev–Trinajstić information content (AvgIpc) is 3.52. The lowest BCUT2D eigenvalue weighted by Crippen LogP contribution is -2.29. The zero-order valence-corrected chi connectivity index (χ0v) is 25.4. The van der Waals surface area contributed by atoms with Crippen LogP contribution in [0, 0.1) is 6.92 Å². The first-order chi connectivity index (χ1) is 20.8. The minimum absolute atomic E-state index is 0.0178. The maximum Gasteiger partial charge on any atom is 0.350 e. The number of hydrogen-bond acceptors (Lipinski definition) is 9. The first kappa shape index (κ1) is 31.5. The molecular formula is C33H36N2O7S. The fraction of sp³-hybridized carbons (Fsp3) is 0.333. The fourth-order valence-electron chi connectivity index (χ4n) is 4.52. The van der Waals surface area contributed by atoms with E-state index in [1.807, 2.05) is 0 Å². The number of aryl methyl sites for hydroxylation is 1. The third-order valence-corrected chi connectivity index (χ3v) is 7.93. The highest BCUT2D eigenvalue weighted by molar-refractivity contribution is 7.17. The van der Waals surface area contributed by atoms with Crippen LogP contribution in [0.25, 0.3) is 5.76 Å². The Kier molecular flexibility index (Phi) is 10.7. The Morgan fingerprint density at radius 1 is 1.05 bits per heavy atom. The van der Waals surface area contributed by atoms with Crippen molar-refractivity contribution in [2.75, 3.05) is 24.7 Å². The van der Waals surface area contributed by atoms with Gasteiger partial charge in [-0.3, -0.25) is 14.5 Å². The van der Waals surface area contributed by atoms with Crippen molar-refractivity contribution < 1.29 is 33.7 Å². The number of esters is 1. The van der Waals surface area contributed by atoms with E-state index in [1.54, 1.807) is 55.5 Å². The molecule has 0 aliphatic carbocycles. The van der Waals surface area contributed by atoms with Gasteiger partial charge in [0, 0.05) is 5.56 Å². The highest BCUT2D eigenvalue weighted by atomic mass is 32.1. The third kappa shape index (κ3) is 7.14. The number of hydrogen-bond donors (Lipinski definition) is 1. The van der Waals surface area contributed by atoms with Crippen LogP contribution >= 0.6 is 11.3 Å². The van der Waals surface area contributed by atoms with Crippen LogP contribution in [0.4, 0.5) is 5.13 Å². The highest BCUT2D eigenvalue weighted by Crippen LogP contribution is 2.44. The fourth-order valence-corrected chi connectivity index (χ4v) is 5.51. The molecule has 1 atom stereocenters. The van der Waals surface area contributed by atoms with Crippen molar-refractivity contribution >= 4 is 39.9 Å². The van der Waals surface area contributed by atoms with Gasteiger partial charge in [-0.15, -0.1) is 0 Å². The summed E-state index contributed by atoms with van der Waals surface area (Å²) in [5, 5.41) is 11.7. The molecule has 1 amide bonds. The van der Waals surface area contributed by atoms with Crippen LogP contribution in [-0.4, -0.2) is 47.6 Å². The van der Waals surface area contributed by atoms with Gasteiger partial charge in [0.1, 0.15) is 28.7 Å². The van der Waals surface area contributed by atoms with Gasteiger partial charge in [0.15, 0.2) is 5.13 Å². The van der Waals surface area contributed by atoms with E-state index in [0.717, 1.165) is 37.0 Å². The van der Waals surface area contributed by atoms with E-state index in [0.29, 0.717) is 41.5 Å². The van der Waals surface area contributed by atoms with Gasteiger partial charge in [-0.1, -0.05) is 74.9 Å². The number of amides is 1. The molecule has 1 N–H and O–H groups in total. The van der Waals surface area contributed by atoms with Gasteiger partial charge in [-0.2, -0.15) is 0 Å². The average molecular weight is 605 g/mol. The molecule has 0 spiro atoms. The minimum Gasteiger partial charge on any atom is -0.507 e. The molecule has 1 aromatic heterocycles. The summed E-state index contributed by atoms with van der Waals surface area (Å²) in [5.41, 5.74) is 1.15. The summed E-state index contributed by atoms with van der Waals surface area (Å²) < 4.78 is 16.8. The van der Waals surface area contributed by atoms with Crippen molar-refractivity contribution in [2.45, 2.75) is 52.5 Å². The van der Waals surface area contributed by atoms with E-state index in [2.05, 4.69) is 25.4 Å². The third-order valence-electron chi connectivity index (χ3n) is 6.79. The van der Waals surface area contributed by atoms with Crippen LogP contribution in [-0.2, 0) is 14.3 Å². The van der Waals surface area contributed by atoms with Gasteiger partial charge in [-0.05, 0) is 49.6 Å². The summed E-state index contributed by atoms with van der Waals surface area (Å²) >= 11 is 0.943. The summed E-state index contributed by atoms with van der Waals surface area (Å²) in [6, 6.07) is 12.8. The number of ether oxygens (including phenoxy) is 3. The van der Waals surface area contributed by atoms with Gasteiger partial charge in [0.05, 0.1) is 30.5 Å². The Labute approximate surface area is 255 Å². The molecule has 2 heterocycles. The zero-order valence-electron chi connectivity index (χ0n) is 24.6. The minimum atomic E-state index is -1.02. The van der Waals surface area contributed by atoms with Crippen LogP contribution in [0.15, 0.2) is 66.8 Å². The summed E-state index contributed by atoms with van der Waals surface area (Å²) in [6.45, 7) is 10.4. The molecule has 10 heteroatoms. The number of aliphatic hydroxyl groups excluding tert-OH is 1. The number of thiazole rings is 1. The maximum absolute atomic E-state index is 13.6. The van der Waals surface area contributed by atoms with Crippen molar-refractivity contribution in [1.29, 1.82) is 0 Å². The van der Waals surface area contributed by atoms with Crippen molar-refractivity contribution in [3.8, 4) is 11.5 Å². The molecule has 1 unspecified atom stereocenters. The largest absolute Gasteiger partial charge is 0.507 e. The van der Waals surface area contributed by atoms with E-state index in [-0.39, 0.29) is 27.9 Å². The Morgan fingerprint density at radius 2 is 1.72 bits per heavy atom. The second-order valence-corrected chi connectivity index (χ2v) is 10.9. The molecule has 43 heavy (non-hydrogen) atoms. The molecule has 9 nitrogen and oxygen atoms in total. The number of aliphatic hydroxyl groups is 1. The standard InChI is InChI=1S/C33H36N2O7S/c1-5-8-18-40-24-15-13-22(14-16-24)27-26(28(36)23-11-10-12-25(20-23)41-19-9-6-2)29(37)31(38)35(27)33-34-21(4)30(43-33)32(39)42-17-7-3/h7,10-16,20,27,36H,3,5-6,8-9,17-19H2,1-2,4H3/b28-26+. The molecule has 0 radical (unpaired) electrons. The normalized spacial score (nSPS) is 15.9. The number of carbonyl (C=O) groups excluding carboxylic acids is 3.